The monoisotopic (exact) mass is 466 g/mol. The normalized spacial score (nSPS) is 17.0. The fourth-order valence-corrected chi connectivity index (χ4v) is 2.72. The summed E-state index contributed by atoms with van der Waals surface area (Å²) in [7, 11) is 0. The van der Waals surface area contributed by atoms with Crippen molar-refractivity contribution in [3.05, 3.63) is 34.9 Å². The van der Waals surface area contributed by atoms with Gasteiger partial charge in [0.25, 0.3) is 0 Å². The highest BCUT2D eigenvalue weighted by molar-refractivity contribution is 14.0. The van der Waals surface area contributed by atoms with Crippen LogP contribution in [0.2, 0.25) is 5.02 Å². The van der Waals surface area contributed by atoms with Gasteiger partial charge in [0.05, 0.1) is 19.8 Å². The van der Waals surface area contributed by atoms with Gasteiger partial charge in [0.1, 0.15) is 0 Å². The highest BCUT2D eigenvalue weighted by Gasteiger charge is 2.16. The molecule has 1 aromatic rings. The predicted octanol–water partition coefficient (Wildman–Crippen LogP) is 2.73. The van der Waals surface area contributed by atoms with E-state index in [-0.39, 0.29) is 24.0 Å². The Kier molecular flexibility index (Phi) is 10.6. The first-order chi connectivity index (χ1) is 11.2. The third-order valence-electron chi connectivity index (χ3n) is 3.94. The van der Waals surface area contributed by atoms with Crippen LogP contribution in [0.15, 0.2) is 29.3 Å². The van der Waals surface area contributed by atoms with Crippen molar-refractivity contribution >= 4 is 41.5 Å². The van der Waals surface area contributed by atoms with Gasteiger partial charge in [-0.25, -0.2) is 4.99 Å². The number of benzene rings is 1. The second-order valence-corrected chi connectivity index (χ2v) is 6.07. The predicted molar refractivity (Wildman–Crippen MR) is 112 cm³/mol. The fourth-order valence-electron chi connectivity index (χ4n) is 2.52. The molecule has 0 aromatic heterocycles. The maximum absolute atomic E-state index is 6.19. The molecule has 0 radical (unpaired) electrons. The third kappa shape index (κ3) is 7.13. The number of morpholine rings is 1. The Morgan fingerprint density at radius 1 is 1.29 bits per heavy atom. The lowest BCUT2D eigenvalue weighted by Crippen LogP contribution is -2.49. The summed E-state index contributed by atoms with van der Waals surface area (Å²) in [5, 5.41) is 7.46. The lowest BCUT2D eigenvalue weighted by Gasteiger charge is -2.32. The van der Waals surface area contributed by atoms with Gasteiger partial charge < -0.3 is 15.4 Å². The molecule has 0 saturated carbocycles. The first-order valence-corrected chi connectivity index (χ1v) is 8.66. The molecule has 7 heteroatoms. The standard InChI is InChI=1S/C17H27ClN4O.HI/c1-3-19-17(21-13-15-6-4-5-7-16(15)18)20-12-14(2)22-8-10-23-11-9-22;/h4-7,14H,3,8-13H2,1-2H3,(H2,19,20,21);1H. The molecule has 136 valence electrons. The van der Waals surface area contributed by atoms with E-state index in [1.54, 1.807) is 0 Å². The van der Waals surface area contributed by atoms with Gasteiger partial charge in [0.15, 0.2) is 5.96 Å². The summed E-state index contributed by atoms with van der Waals surface area (Å²) in [5.41, 5.74) is 1.03. The molecule has 0 bridgehead atoms. The number of guanidine groups is 1. The van der Waals surface area contributed by atoms with Gasteiger partial charge in [-0.3, -0.25) is 4.90 Å². The largest absolute Gasteiger partial charge is 0.379 e. The van der Waals surface area contributed by atoms with E-state index in [1.165, 1.54) is 0 Å². The number of nitrogens with zero attached hydrogens (tertiary/aromatic N) is 2. The van der Waals surface area contributed by atoms with E-state index in [0.29, 0.717) is 12.6 Å². The third-order valence-corrected chi connectivity index (χ3v) is 4.31. The van der Waals surface area contributed by atoms with Crippen molar-refractivity contribution < 1.29 is 4.74 Å². The van der Waals surface area contributed by atoms with E-state index < -0.39 is 0 Å². The molecule has 2 N–H and O–H groups in total. The second-order valence-electron chi connectivity index (χ2n) is 5.66. The van der Waals surface area contributed by atoms with Crippen LogP contribution in [0, 0.1) is 0 Å². The molecule has 1 atom stereocenters. The number of rotatable bonds is 6. The van der Waals surface area contributed by atoms with Gasteiger partial charge in [-0.2, -0.15) is 0 Å². The van der Waals surface area contributed by atoms with E-state index in [1.807, 2.05) is 24.3 Å². The van der Waals surface area contributed by atoms with Crippen LogP contribution in [-0.2, 0) is 11.3 Å². The Labute approximate surface area is 167 Å². The Hall–Kier alpha value is -0.570. The van der Waals surface area contributed by atoms with Gasteiger partial charge >= 0.3 is 0 Å². The average molecular weight is 467 g/mol. The molecule has 0 spiro atoms. The zero-order valence-corrected chi connectivity index (χ0v) is 17.5. The fraction of sp³-hybridized carbons (Fsp3) is 0.588. The highest BCUT2D eigenvalue weighted by atomic mass is 127. The van der Waals surface area contributed by atoms with Crippen LogP contribution >= 0.6 is 35.6 Å². The molecule has 2 rings (SSSR count). The van der Waals surface area contributed by atoms with Crippen molar-refractivity contribution in [3.63, 3.8) is 0 Å². The minimum absolute atomic E-state index is 0. The summed E-state index contributed by atoms with van der Waals surface area (Å²) in [5.74, 6) is 0.826. The number of aliphatic imine (C=N–C) groups is 1. The summed E-state index contributed by atoms with van der Waals surface area (Å²) >= 11 is 6.19. The Balaban J connectivity index is 0.00000288. The molecule has 0 aliphatic carbocycles. The minimum atomic E-state index is 0. The van der Waals surface area contributed by atoms with Crippen molar-refractivity contribution in [1.82, 2.24) is 15.5 Å². The van der Waals surface area contributed by atoms with Crippen LogP contribution < -0.4 is 10.6 Å². The number of ether oxygens (including phenoxy) is 1. The smallest absolute Gasteiger partial charge is 0.191 e. The van der Waals surface area contributed by atoms with E-state index in [4.69, 9.17) is 16.3 Å². The Morgan fingerprint density at radius 2 is 2.00 bits per heavy atom. The molecular weight excluding hydrogens is 439 g/mol. The molecule has 1 aliphatic heterocycles. The quantitative estimate of drug-likeness (QED) is 0.385. The molecule has 5 nitrogen and oxygen atoms in total. The molecule has 0 amide bonds. The zero-order chi connectivity index (χ0) is 16.5. The van der Waals surface area contributed by atoms with Crippen LogP contribution in [0.3, 0.4) is 0 Å². The van der Waals surface area contributed by atoms with E-state index >= 15 is 0 Å². The number of halogens is 2. The summed E-state index contributed by atoms with van der Waals surface area (Å²) in [4.78, 5) is 7.07. The Morgan fingerprint density at radius 3 is 2.67 bits per heavy atom. The summed E-state index contributed by atoms with van der Waals surface area (Å²) < 4.78 is 5.40. The number of nitrogens with one attached hydrogen (secondary N) is 2. The van der Waals surface area contributed by atoms with Gasteiger partial charge in [-0.1, -0.05) is 29.8 Å². The van der Waals surface area contributed by atoms with Crippen LogP contribution in [0.4, 0.5) is 0 Å². The van der Waals surface area contributed by atoms with Gasteiger partial charge in [-0.15, -0.1) is 24.0 Å². The maximum Gasteiger partial charge on any atom is 0.191 e. The van der Waals surface area contributed by atoms with Crippen LogP contribution in [0.1, 0.15) is 19.4 Å². The van der Waals surface area contributed by atoms with Gasteiger partial charge in [0, 0.05) is 37.2 Å². The first kappa shape index (κ1) is 21.5. The molecule has 1 fully saturated rings. The summed E-state index contributed by atoms with van der Waals surface area (Å²) in [6.45, 7) is 10.2. The van der Waals surface area contributed by atoms with Crippen molar-refractivity contribution in [2.75, 3.05) is 39.4 Å². The van der Waals surface area contributed by atoms with Crippen LogP contribution in [0.5, 0.6) is 0 Å². The van der Waals surface area contributed by atoms with Crippen LogP contribution in [-0.4, -0.2) is 56.3 Å². The maximum atomic E-state index is 6.19. The summed E-state index contributed by atoms with van der Waals surface area (Å²) in [6, 6.07) is 8.27. The topological polar surface area (TPSA) is 48.9 Å². The van der Waals surface area contributed by atoms with Crippen molar-refractivity contribution in [1.29, 1.82) is 0 Å². The lowest BCUT2D eigenvalue weighted by atomic mass is 10.2. The lowest BCUT2D eigenvalue weighted by molar-refractivity contribution is 0.0211. The zero-order valence-electron chi connectivity index (χ0n) is 14.4. The van der Waals surface area contributed by atoms with E-state index in [0.717, 1.165) is 55.9 Å². The SMILES string of the molecule is CCNC(=NCc1ccccc1Cl)NCC(C)N1CCOCC1.I. The average Bonchev–Trinajstić information content (AvgIpc) is 2.59. The highest BCUT2D eigenvalue weighted by Crippen LogP contribution is 2.15. The van der Waals surface area contributed by atoms with Crippen molar-refractivity contribution in [2.45, 2.75) is 26.4 Å². The molecular formula is C17H28ClIN4O. The van der Waals surface area contributed by atoms with Gasteiger partial charge in [0.2, 0.25) is 0 Å². The Bertz CT molecular complexity index is 509. The molecule has 24 heavy (non-hydrogen) atoms. The van der Waals surface area contributed by atoms with Crippen LogP contribution in [0.25, 0.3) is 0 Å². The number of hydrogen-bond donors (Lipinski definition) is 2. The number of hydrogen-bond acceptors (Lipinski definition) is 3. The van der Waals surface area contributed by atoms with E-state index in [9.17, 15) is 0 Å². The minimum Gasteiger partial charge on any atom is -0.379 e. The molecule has 1 heterocycles. The molecule has 1 unspecified atom stereocenters. The molecule has 1 saturated heterocycles. The van der Waals surface area contributed by atoms with E-state index in [2.05, 4.69) is 34.4 Å². The second kappa shape index (κ2) is 11.9. The molecule has 1 aliphatic rings. The molecule has 1 aromatic carbocycles. The van der Waals surface area contributed by atoms with Crippen molar-refractivity contribution in [2.24, 2.45) is 4.99 Å². The van der Waals surface area contributed by atoms with Gasteiger partial charge in [-0.05, 0) is 25.5 Å². The van der Waals surface area contributed by atoms with Crippen molar-refractivity contribution in [3.8, 4) is 0 Å². The summed E-state index contributed by atoms with van der Waals surface area (Å²) in [6.07, 6.45) is 0. The first-order valence-electron chi connectivity index (χ1n) is 8.28.